The first kappa shape index (κ1) is 18.2. The van der Waals surface area contributed by atoms with Crippen molar-refractivity contribution in [3.63, 3.8) is 0 Å². The molecule has 0 atom stereocenters. The highest BCUT2D eigenvalue weighted by Crippen LogP contribution is 2.26. The molecule has 0 fully saturated rings. The van der Waals surface area contributed by atoms with E-state index in [9.17, 15) is 22.8 Å². The fourth-order valence-electron chi connectivity index (χ4n) is 2.49. The summed E-state index contributed by atoms with van der Waals surface area (Å²) in [5, 5.41) is 15.5. The molecule has 0 aliphatic rings. The monoisotopic (exact) mass is 380 g/mol. The van der Waals surface area contributed by atoms with Crippen LogP contribution in [-0.4, -0.2) is 38.6 Å². The Bertz CT molecular complexity index is 999. The average Bonchev–Trinajstić information content (AvgIpc) is 2.98. The summed E-state index contributed by atoms with van der Waals surface area (Å²) in [5.41, 5.74) is 1.11. The van der Waals surface area contributed by atoms with Gasteiger partial charge in [0.2, 0.25) is 0 Å². The Labute approximate surface area is 149 Å². The van der Waals surface area contributed by atoms with Gasteiger partial charge in [0.25, 0.3) is 0 Å². The number of aromatic nitrogens is 3. The Hall–Kier alpha value is -3.63. The number of hydrogen-bond acceptors (Lipinski definition) is 5. The van der Waals surface area contributed by atoms with Gasteiger partial charge in [0.15, 0.2) is 11.9 Å². The molecular weight excluding hydrogens is 369 g/mol. The normalized spacial score (nSPS) is 11.4. The number of ether oxygens (including phenoxy) is 1. The zero-order valence-electron chi connectivity index (χ0n) is 13.4. The zero-order valence-corrected chi connectivity index (χ0v) is 13.4. The van der Waals surface area contributed by atoms with Crippen LogP contribution in [0.25, 0.3) is 16.7 Å². The van der Waals surface area contributed by atoms with E-state index in [0.717, 1.165) is 12.1 Å². The lowest BCUT2D eigenvalue weighted by Crippen LogP contribution is -2.20. The number of amides is 1. The van der Waals surface area contributed by atoms with Gasteiger partial charge in [0.05, 0.1) is 23.3 Å². The summed E-state index contributed by atoms with van der Waals surface area (Å²) in [6.45, 7) is -0.180. The molecule has 0 aliphatic carbocycles. The van der Waals surface area contributed by atoms with Crippen molar-refractivity contribution in [1.29, 1.82) is 0 Å². The summed E-state index contributed by atoms with van der Waals surface area (Å²) in [6, 6.07) is 6.32. The summed E-state index contributed by atoms with van der Waals surface area (Å²) in [4.78, 5) is 26.2. The molecule has 2 heterocycles. The summed E-state index contributed by atoms with van der Waals surface area (Å²) in [5.74, 6) is -0.406. The van der Waals surface area contributed by atoms with Crippen LogP contribution < -0.4 is 10.1 Å². The van der Waals surface area contributed by atoms with Crippen LogP contribution in [0.1, 0.15) is 16.1 Å². The number of pyridine rings is 1. The van der Waals surface area contributed by atoms with Crippen molar-refractivity contribution in [2.75, 3.05) is 0 Å². The van der Waals surface area contributed by atoms with Crippen molar-refractivity contribution >= 4 is 23.4 Å². The molecule has 2 N–H and O–H groups in total. The number of alkyl halides is 3. The van der Waals surface area contributed by atoms with Crippen LogP contribution in [0.5, 0.6) is 5.75 Å². The number of nitrogens with one attached hydrogen (secondary N) is 1. The third-order valence-electron chi connectivity index (χ3n) is 3.52. The SMILES string of the molecule is O=Cc1ccnc2c1c(CNC(=O)O)nn2-c1ccc(OC(F)(F)F)cc1. The van der Waals surface area contributed by atoms with E-state index in [1.54, 1.807) is 0 Å². The third-order valence-corrected chi connectivity index (χ3v) is 3.52. The van der Waals surface area contributed by atoms with Gasteiger partial charge in [0.1, 0.15) is 5.75 Å². The second-order valence-corrected chi connectivity index (χ2v) is 5.28. The third kappa shape index (κ3) is 3.97. The smallest absolute Gasteiger partial charge is 0.465 e. The Morgan fingerprint density at radius 1 is 1.26 bits per heavy atom. The van der Waals surface area contributed by atoms with Crippen LogP contribution in [0.3, 0.4) is 0 Å². The van der Waals surface area contributed by atoms with Crippen molar-refractivity contribution in [2.24, 2.45) is 0 Å². The average molecular weight is 380 g/mol. The van der Waals surface area contributed by atoms with E-state index in [1.165, 1.54) is 29.1 Å². The first-order valence-electron chi connectivity index (χ1n) is 7.43. The number of carbonyl (C=O) groups excluding carboxylic acids is 1. The molecule has 0 aliphatic heterocycles. The molecule has 11 heteroatoms. The molecule has 0 saturated carbocycles. The maximum Gasteiger partial charge on any atom is 0.573 e. The van der Waals surface area contributed by atoms with Crippen molar-refractivity contribution in [3.8, 4) is 11.4 Å². The van der Waals surface area contributed by atoms with Gasteiger partial charge in [-0.25, -0.2) is 14.5 Å². The number of carbonyl (C=O) groups is 2. The van der Waals surface area contributed by atoms with Crippen LogP contribution in [-0.2, 0) is 6.54 Å². The van der Waals surface area contributed by atoms with E-state index < -0.39 is 18.2 Å². The summed E-state index contributed by atoms with van der Waals surface area (Å²) in [6.07, 6.45) is -4.13. The fourth-order valence-corrected chi connectivity index (χ4v) is 2.49. The Kier molecular flexibility index (Phi) is 4.67. The number of aldehydes is 1. The van der Waals surface area contributed by atoms with Gasteiger partial charge < -0.3 is 15.2 Å². The topological polar surface area (TPSA) is 106 Å². The van der Waals surface area contributed by atoms with E-state index in [1.807, 2.05) is 0 Å². The molecule has 0 spiro atoms. The van der Waals surface area contributed by atoms with E-state index in [2.05, 4.69) is 20.1 Å². The van der Waals surface area contributed by atoms with E-state index in [-0.39, 0.29) is 23.4 Å². The molecule has 1 amide bonds. The second kappa shape index (κ2) is 6.94. The fraction of sp³-hybridized carbons (Fsp3) is 0.125. The number of fused-ring (bicyclic) bond motifs is 1. The predicted molar refractivity (Wildman–Crippen MR) is 85.8 cm³/mol. The molecule has 140 valence electrons. The molecule has 8 nitrogen and oxygen atoms in total. The Morgan fingerprint density at radius 2 is 1.96 bits per heavy atom. The summed E-state index contributed by atoms with van der Waals surface area (Å²) >= 11 is 0. The first-order valence-corrected chi connectivity index (χ1v) is 7.43. The van der Waals surface area contributed by atoms with Gasteiger partial charge in [-0.05, 0) is 30.3 Å². The molecule has 0 saturated heterocycles. The van der Waals surface area contributed by atoms with Crippen molar-refractivity contribution in [3.05, 3.63) is 47.8 Å². The lowest BCUT2D eigenvalue weighted by molar-refractivity contribution is -0.274. The van der Waals surface area contributed by atoms with Crippen molar-refractivity contribution in [1.82, 2.24) is 20.1 Å². The minimum atomic E-state index is -4.81. The molecule has 2 aromatic heterocycles. The van der Waals surface area contributed by atoms with Crippen molar-refractivity contribution in [2.45, 2.75) is 12.9 Å². The number of nitrogens with zero attached hydrogens (tertiary/aromatic N) is 3. The van der Waals surface area contributed by atoms with E-state index >= 15 is 0 Å². The quantitative estimate of drug-likeness (QED) is 0.660. The highest BCUT2D eigenvalue weighted by atomic mass is 19.4. The maximum absolute atomic E-state index is 12.3. The number of hydrogen-bond donors (Lipinski definition) is 2. The standard InChI is InChI=1S/C16H11F3N4O4/c17-16(18,19)27-11-3-1-10(2-4-11)23-14-13(9(8-24)5-6-20-14)12(22-23)7-21-15(25)26/h1-6,8,21H,7H2,(H,25,26). The van der Waals surface area contributed by atoms with Gasteiger partial charge in [-0.2, -0.15) is 5.10 Å². The lowest BCUT2D eigenvalue weighted by atomic mass is 10.1. The lowest BCUT2D eigenvalue weighted by Gasteiger charge is -2.09. The van der Waals surface area contributed by atoms with Crippen LogP contribution >= 0.6 is 0 Å². The number of carboxylic acid groups (broad SMARTS) is 1. The highest BCUT2D eigenvalue weighted by Gasteiger charge is 2.31. The molecular formula is C16H11F3N4O4. The largest absolute Gasteiger partial charge is 0.573 e. The van der Waals surface area contributed by atoms with Gasteiger partial charge >= 0.3 is 12.5 Å². The van der Waals surface area contributed by atoms with Gasteiger partial charge in [-0.15, -0.1) is 13.2 Å². The Morgan fingerprint density at radius 3 is 2.56 bits per heavy atom. The van der Waals surface area contributed by atoms with Crippen LogP contribution in [0.4, 0.5) is 18.0 Å². The zero-order chi connectivity index (χ0) is 19.6. The Balaban J connectivity index is 2.06. The maximum atomic E-state index is 12.3. The van der Waals surface area contributed by atoms with Gasteiger partial charge in [-0.3, -0.25) is 4.79 Å². The van der Waals surface area contributed by atoms with E-state index in [0.29, 0.717) is 17.4 Å². The number of benzene rings is 1. The van der Waals surface area contributed by atoms with Gasteiger partial charge in [-0.1, -0.05) is 0 Å². The van der Waals surface area contributed by atoms with E-state index in [4.69, 9.17) is 5.11 Å². The number of halogens is 3. The summed E-state index contributed by atoms with van der Waals surface area (Å²) < 4.78 is 41.9. The van der Waals surface area contributed by atoms with Crippen LogP contribution in [0, 0.1) is 0 Å². The number of rotatable bonds is 5. The molecule has 3 aromatic rings. The second-order valence-electron chi connectivity index (χ2n) is 5.28. The molecule has 1 aromatic carbocycles. The van der Waals surface area contributed by atoms with Crippen LogP contribution in [0.15, 0.2) is 36.5 Å². The van der Waals surface area contributed by atoms with Crippen LogP contribution in [0.2, 0.25) is 0 Å². The predicted octanol–water partition coefficient (Wildman–Crippen LogP) is 2.90. The van der Waals surface area contributed by atoms with Crippen molar-refractivity contribution < 1.29 is 32.6 Å². The molecule has 3 rings (SSSR count). The molecule has 0 unspecified atom stereocenters. The first-order chi connectivity index (χ1) is 12.8. The van der Waals surface area contributed by atoms with Gasteiger partial charge in [0, 0.05) is 11.8 Å². The minimum absolute atomic E-state index is 0.180. The molecule has 0 bridgehead atoms. The highest BCUT2D eigenvalue weighted by molar-refractivity contribution is 5.97. The molecule has 0 radical (unpaired) electrons. The minimum Gasteiger partial charge on any atom is -0.465 e. The summed E-state index contributed by atoms with van der Waals surface area (Å²) in [7, 11) is 0. The molecule has 27 heavy (non-hydrogen) atoms.